The summed E-state index contributed by atoms with van der Waals surface area (Å²) in [6.07, 6.45) is 5.51. The average molecular weight is 314 g/mol. The van der Waals surface area contributed by atoms with E-state index in [0.29, 0.717) is 18.4 Å². The van der Waals surface area contributed by atoms with Gasteiger partial charge >= 0.3 is 0 Å². The molecule has 0 spiro atoms. The maximum atomic E-state index is 12.5. The van der Waals surface area contributed by atoms with Crippen LogP contribution in [0.25, 0.3) is 0 Å². The number of amides is 1. The summed E-state index contributed by atoms with van der Waals surface area (Å²) in [5, 5.41) is 0. The Kier molecular flexibility index (Phi) is 5.37. The van der Waals surface area contributed by atoms with E-state index in [-0.39, 0.29) is 0 Å². The predicted molar refractivity (Wildman–Crippen MR) is 94.2 cm³/mol. The SMILES string of the molecule is Cc1cccc(CN2CCC(N3CCC(C)CC3)CCC2=O)c1. The summed E-state index contributed by atoms with van der Waals surface area (Å²) in [7, 11) is 0. The molecule has 0 saturated carbocycles. The molecule has 3 heteroatoms. The fourth-order valence-corrected chi connectivity index (χ4v) is 3.98. The van der Waals surface area contributed by atoms with E-state index in [1.54, 1.807) is 0 Å². The van der Waals surface area contributed by atoms with Crippen LogP contribution in [0.4, 0.5) is 0 Å². The van der Waals surface area contributed by atoms with Gasteiger partial charge in [0.05, 0.1) is 0 Å². The van der Waals surface area contributed by atoms with E-state index in [2.05, 4.69) is 47.9 Å². The van der Waals surface area contributed by atoms with Gasteiger partial charge < -0.3 is 9.80 Å². The van der Waals surface area contributed by atoms with Crippen LogP contribution in [-0.4, -0.2) is 41.4 Å². The number of nitrogens with zero attached hydrogens (tertiary/aromatic N) is 2. The van der Waals surface area contributed by atoms with Crippen LogP contribution in [0.3, 0.4) is 0 Å². The third-order valence-electron chi connectivity index (χ3n) is 5.57. The highest BCUT2D eigenvalue weighted by atomic mass is 16.2. The molecule has 1 unspecified atom stereocenters. The molecule has 2 saturated heterocycles. The van der Waals surface area contributed by atoms with Gasteiger partial charge in [0.2, 0.25) is 5.91 Å². The lowest BCUT2D eigenvalue weighted by Gasteiger charge is -2.36. The smallest absolute Gasteiger partial charge is 0.222 e. The quantitative estimate of drug-likeness (QED) is 0.851. The Morgan fingerprint density at radius 2 is 1.87 bits per heavy atom. The molecule has 0 radical (unpaired) electrons. The topological polar surface area (TPSA) is 23.6 Å². The molecule has 1 aromatic rings. The number of carbonyl (C=O) groups excluding carboxylic acids is 1. The molecule has 0 N–H and O–H groups in total. The van der Waals surface area contributed by atoms with Gasteiger partial charge in [-0.2, -0.15) is 0 Å². The second-order valence-electron chi connectivity index (χ2n) is 7.50. The van der Waals surface area contributed by atoms with Crippen molar-refractivity contribution >= 4 is 5.91 Å². The molecular weight excluding hydrogens is 284 g/mol. The van der Waals surface area contributed by atoms with Crippen LogP contribution in [-0.2, 0) is 11.3 Å². The largest absolute Gasteiger partial charge is 0.338 e. The highest BCUT2D eigenvalue weighted by Gasteiger charge is 2.28. The van der Waals surface area contributed by atoms with E-state index in [9.17, 15) is 4.79 Å². The highest BCUT2D eigenvalue weighted by molar-refractivity contribution is 5.76. The molecule has 3 nitrogen and oxygen atoms in total. The number of piperidine rings is 1. The van der Waals surface area contributed by atoms with Gasteiger partial charge in [0, 0.05) is 25.6 Å². The Bertz CT molecular complexity index is 534. The van der Waals surface area contributed by atoms with Crippen LogP contribution in [0.5, 0.6) is 0 Å². The number of rotatable bonds is 3. The predicted octanol–water partition coefficient (Wildman–Crippen LogP) is 3.61. The first-order valence-electron chi connectivity index (χ1n) is 9.19. The first kappa shape index (κ1) is 16.5. The molecule has 2 fully saturated rings. The first-order chi connectivity index (χ1) is 11.1. The van der Waals surface area contributed by atoms with E-state index in [1.165, 1.54) is 37.1 Å². The van der Waals surface area contributed by atoms with Crippen molar-refractivity contribution in [3.63, 3.8) is 0 Å². The van der Waals surface area contributed by atoms with Crippen LogP contribution < -0.4 is 0 Å². The molecule has 0 bridgehead atoms. The Hall–Kier alpha value is -1.35. The molecular formula is C20H30N2O. The molecule has 1 atom stereocenters. The van der Waals surface area contributed by atoms with Crippen LogP contribution >= 0.6 is 0 Å². The minimum atomic E-state index is 0.333. The molecule has 1 aromatic carbocycles. The van der Waals surface area contributed by atoms with Gasteiger partial charge in [0.25, 0.3) is 0 Å². The Morgan fingerprint density at radius 3 is 2.61 bits per heavy atom. The average Bonchev–Trinajstić information content (AvgIpc) is 2.71. The minimum Gasteiger partial charge on any atom is -0.338 e. The summed E-state index contributed by atoms with van der Waals surface area (Å²) in [5.41, 5.74) is 2.52. The Balaban J connectivity index is 1.58. The highest BCUT2D eigenvalue weighted by Crippen LogP contribution is 2.24. The zero-order valence-corrected chi connectivity index (χ0v) is 14.6. The van der Waals surface area contributed by atoms with Gasteiger partial charge in [-0.3, -0.25) is 4.79 Å². The maximum absolute atomic E-state index is 12.5. The van der Waals surface area contributed by atoms with Crippen molar-refractivity contribution in [2.24, 2.45) is 5.92 Å². The molecule has 2 aliphatic rings. The summed E-state index contributed by atoms with van der Waals surface area (Å²) < 4.78 is 0. The molecule has 126 valence electrons. The molecule has 23 heavy (non-hydrogen) atoms. The zero-order valence-electron chi connectivity index (χ0n) is 14.6. The number of likely N-dealkylation sites (tertiary alicyclic amines) is 2. The van der Waals surface area contributed by atoms with Crippen molar-refractivity contribution in [3.8, 4) is 0 Å². The van der Waals surface area contributed by atoms with Gasteiger partial charge in [-0.25, -0.2) is 0 Å². The normalized spacial score (nSPS) is 24.7. The Morgan fingerprint density at radius 1 is 1.09 bits per heavy atom. The monoisotopic (exact) mass is 314 g/mol. The number of hydrogen-bond acceptors (Lipinski definition) is 2. The van der Waals surface area contributed by atoms with Crippen LogP contribution in [0.15, 0.2) is 24.3 Å². The maximum Gasteiger partial charge on any atom is 0.222 e. The van der Waals surface area contributed by atoms with E-state index in [1.807, 2.05) is 0 Å². The van der Waals surface area contributed by atoms with E-state index >= 15 is 0 Å². The van der Waals surface area contributed by atoms with Gasteiger partial charge in [-0.15, -0.1) is 0 Å². The summed E-state index contributed by atoms with van der Waals surface area (Å²) in [4.78, 5) is 17.2. The number of aryl methyl sites for hydroxylation is 1. The second kappa shape index (κ2) is 7.48. The van der Waals surface area contributed by atoms with E-state index < -0.39 is 0 Å². The van der Waals surface area contributed by atoms with Crippen molar-refractivity contribution in [1.29, 1.82) is 0 Å². The molecule has 2 heterocycles. The van der Waals surface area contributed by atoms with Gasteiger partial charge in [-0.05, 0) is 57.2 Å². The lowest BCUT2D eigenvalue weighted by Crippen LogP contribution is -2.41. The van der Waals surface area contributed by atoms with E-state index in [0.717, 1.165) is 31.8 Å². The second-order valence-corrected chi connectivity index (χ2v) is 7.50. The van der Waals surface area contributed by atoms with Crippen molar-refractivity contribution in [1.82, 2.24) is 9.80 Å². The standard InChI is InChI=1S/C20H30N2O/c1-16-8-11-21(12-9-16)19-6-7-20(23)22(13-10-19)15-18-5-3-4-17(2)14-18/h3-5,14,16,19H,6-13,15H2,1-2H3. The van der Waals surface area contributed by atoms with Crippen LogP contribution in [0.2, 0.25) is 0 Å². The molecule has 0 aromatic heterocycles. The van der Waals surface area contributed by atoms with Crippen molar-refractivity contribution < 1.29 is 4.79 Å². The first-order valence-corrected chi connectivity index (χ1v) is 9.19. The van der Waals surface area contributed by atoms with Crippen LogP contribution in [0.1, 0.15) is 50.2 Å². The van der Waals surface area contributed by atoms with Gasteiger partial charge in [-0.1, -0.05) is 36.8 Å². The van der Waals surface area contributed by atoms with Crippen LogP contribution in [0, 0.1) is 12.8 Å². The number of carbonyl (C=O) groups is 1. The van der Waals surface area contributed by atoms with Crippen molar-refractivity contribution in [2.75, 3.05) is 19.6 Å². The summed E-state index contributed by atoms with van der Waals surface area (Å²) in [6, 6.07) is 9.14. The molecule has 3 rings (SSSR count). The molecule has 2 aliphatic heterocycles. The zero-order chi connectivity index (χ0) is 16.2. The van der Waals surface area contributed by atoms with Crippen molar-refractivity contribution in [2.45, 2.75) is 58.5 Å². The van der Waals surface area contributed by atoms with Crippen molar-refractivity contribution in [3.05, 3.63) is 35.4 Å². The summed E-state index contributed by atoms with van der Waals surface area (Å²) in [6.45, 7) is 8.59. The number of hydrogen-bond donors (Lipinski definition) is 0. The summed E-state index contributed by atoms with van der Waals surface area (Å²) >= 11 is 0. The summed E-state index contributed by atoms with van der Waals surface area (Å²) in [5.74, 6) is 1.20. The fraction of sp³-hybridized carbons (Fsp3) is 0.650. The third kappa shape index (κ3) is 4.35. The molecule has 0 aliphatic carbocycles. The number of benzene rings is 1. The third-order valence-corrected chi connectivity index (χ3v) is 5.57. The van der Waals surface area contributed by atoms with Gasteiger partial charge in [0.1, 0.15) is 0 Å². The lowest BCUT2D eigenvalue weighted by atomic mass is 9.96. The molecule has 1 amide bonds. The lowest BCUT2D eigenvalue weighted by molar-refractivity contribution is -0.131. The minimum absolute atomic E-state index is 0.333. The van der Waals surface area contributed by atoms with E-state index in [4.69, 9.17) is 0 Å². The van der Waals surface area contributed by atoms with Gasteiger partial charge in [0.15, 0.2) is 0 Å². The fourth-order valence-electron chi connectivity index (χ4n) is 3.98. The Labute approximate surface area is 140 Å².